The van der Waals surface area contributed by atoms with Gasteiger partial charge in [-0.25, -0.2) is 0 Å². The third-order valence-corrected chi connectivity index (χ3v) is 4.48. The molecule has 6 nitrogen and oxygen atoms in total. The number of hydrogen-bond donors (Lipinski definition) is 1. The second-order valence-electron chi connectivity index (χ2n) is 6.33. The molecule has 1 N–H and O–H groups in total. The number of carbonyl (C=O) groups excluding carboxylic acids is 3. The van der Waals surface area contributed by atoms with Crippen molar-refractivity contribution in [3.8, 4) is 0 Å². The molecule has 3 rings (SSSR count). The van der Waals surface area contributed by atoms with E-state index in [1.165, 1.54) is 0 Å². The molecule has 1 saturated heterocycles. The Morgan fingerprint density at radius 3 is 2.64 bits per heavy atom. The maximum Gasteiger partial charge on any atom is 0.309 e. The molecule has 132 valence electrons. The molecule has 1 heterocycles. The second-order valence-corrected chi connectivity index (χ2v) is 6.33. The third-order valence-electron chi connectivity index (χ3n) is 4.48. The van der Waals surface area contributed by atoms with Gasteiger partial charge in [0.1, 0.15) is 0 Å². The molecule has 25 heavy (non-hydrogen) atoms. The van der Waals surface area contributed by atoms with Gasteiger partial charge in [0.05, 0.1) is 5.92 Å². The van der Waals surface area contributed by atoms with Crippen LogP contribution in [0.2, 0.25) is 0 Å². The maximum atomic E-state index is 11.9. The van der Waals surface area contributed by atoms with Gasteiger partial charge in [-0.15, -0.1) is 0 Å². The van der Waals surface area contributed by atoms with E-state index in [9.17, 15) is 14.4 Å². The minimum Gasteiger partial charge on any atom is -0.455 e. The van der Waals surface area contributed by atoms with Crippen LogP contribution in [-0.2, 0) is 19.1 Å². The minimum absolute atomic E-state index is 0.126. The Balaban J connectivity index is 1.47. The van der Waals surface area contributed by atoms with Crippen molar-refractivity contribution in [3.05, 3.63) is 36.4 Å². The van der Waals surface area contributed by atoms with Crippen molar-refractivity contribution in [1.82, 2.24) is 0 Å². The summed E-state index contributed by atoms with van der Waals surface area (Å²) in [6.45, 7) is 0.447. The van der Waals surface area contributed by atoms with E-state index >= 15 is 0 Å². The number of nitrogens with zero attached hydrogens (tertiary/aromatic N) is 1. The molecule has 1 atom stereocenters. The maximum absolute atomic E-state index is 11.9. The highest BCUT2D eigenvalue weighted by atomic mass is 16.5. The van der Waals surface area contributed by atoms with Gasteiger partial charge >= 0.3 is 5.97 Å². The van der Waals surface area contributed by atoms with Gasteiger partial charge in [0.2, 0.25) is 5.91 Å². The van der Waals surface area contributed by atoms with Gasteiger partial charge < -0.3 is 15.0 Å². The van der Waals surface area contributed by atoms with Gasteiger partial charge in [0, 0.05) is 24.3 Å². The fourth-order valence-electron chi connectivity index (χ4n) is 3.11. The molecule has 0 aromatic heterocycles. The Hall–Kier alpha value is -2.63. The van der Waals surface area contributed by atoms with Crippen LogP contribution in [0.1, 0.15) is 32.1 Å². The van der Waals surface area contributed by atoms with Gasteiger partial charge in [-0.1, -0.05) is 12.2 Å². The van der Waals surface area contributed by atoms with Crippen LogP contribution >= 0.6 is 0 Å². The highest BCUT2D eigenvalue weighted by Crippen LogP contribution is 2.23. The van der Waals surface area contributed by atoms with Gasteiger partial charge in [0.25, 0.3) is 5.91 Å². The van der Waals surface area contributed by atoms with E-state index in [0.29, 0.717) is 18.5 Å². The molecule has 1 aliphatic heterocycles. The normalized spacial score (nSPS) is 19.8. The van der Waals surface area contributed by atoms with E-state index in [-0.39, 0.29) is 30.3 Å². The largest absolute Gasteiger partial charge is 0.455 e. The molecular weight excluding hydrogens is 320 g/mol. The highest BCUT2D eigenvalue weighted by molar-refractivity contribution is 5.96. The smallest absolute Gasteiger partial charge is 0.309 e. The van der Waals surface area contributed by atoms with E-state index in [4.69, 9.17) is 4.74 Å². The van der Waals surface area contributed by atoms with E-state index < -0.39 is 0 Å². The lowest BCUT2D eigenvalue weighted by Crippen LogP contribution is -2.25. The number of esters is 1. The van der Waals surface area contributed by atoms with Crippen molar-refractivity contribution in [3.63, 3.8) is 0 Å². The number of hydrogen-bond acceptors (Lipinski definition) is 4. The quantitative estimate of drug-likeness (QED) is 0.659. The van der Waals surface area contributed by atoms with E-state index in [2.05, 4.69) is 11.4 Å². The summed E-state index contributed by atoms with van der Waals surface area (Å²) in [5.74, 6) is -0.705. The minimum atomic E-state index is -0.371. The van der Waals surface area contributed by atoms with Crippen LogP contribution in [0.3, 0.4) is 0 Å². The number of carbonyl (C=O) groups is 3. The molecule has 0 saturated carbocycles. The molecule has 6 heteroatoms. The summed E-state index contributed by atoms with van der Waals surface area (Å²) in [6.07, 6.45) is 7.81. The summed E-state index contributed by atoms with van der Waals surface area (Å²) in [7, 11) is 0. The van der Waals surface area contributed by atoms with Crippen LogP contribution in [0.25, 0.3) is 0 Å². The molecule has 2 aliphatic rings. The summed E-state index contributed by atoms with van der Waals surface area (Å²) in [4.78, 5) is 37.3. The fourth-order valence-corrected chi connectivity index (χ4v) is 3.11. The van der Waals surface area contributed by atoms with Crippen LogP contribution in [0.5, 0.6) is 0 Å². The number of allylic oxidation sites excluding steroid dienone is 2. The van der Waals surface area contributed by atoms with E-state index in [1.54, 1.807) is 29.2 Å². The third kappa shape index (κ3) is 4.47. The second kappa shape index (κ2) is 7.96. The average molecular weight is 342 g/mol. The topological polar surface area (TPSA) is 75.7 Å². The molecule has 0 spiro atoms. The lowest BCUT2D eigenvalue weighted by Gasteiger charge is -2.17. The van der Waals surface area contributed by atoms with Crippen molar-refractivity contribution in [1.29, 1.82) is 0 Å². The number of anilines is 2. The number of benzene rings is 1. The standard InChI is InChI=1S/C19H22N2O4/c22-17(13-25-19(24)14-5-2-1-3-6-14)20-15-8-10-16(11-9-15)21-12-4-7-18(21)23/h1-2,8-11,14H,3-7,12-13H2,(H,20,22)/t14-/m0/s1. The Morgan fingerprint density at radius 2 is 2.00 bits per heavy atom. The van der Waals surface area contributed by atoms with E-state index in [0.717, 1.165) is 31.5 Å². The van der Waals surface area contributed by atoms with Crippen LogP contribution in [0, 0.1) is 5.92 Å². The molecule has 1 aromatic rings. The monoisotopic (exact) mass is 342 g/mol. The first-order chi connectivity index (χ1) is 12.1. The first-order valence-corrected chi connectivity index (χ1v) is 8.65. The summed E-state index contributed by atoms with van der Waals surface area (Å²) < 4.78 is 5.10. The predicted molar refractivity (Wildman–Crippen MR) is 94.1 cm³/mol. The Morgan fingerprint density at radius 1 is 1.20 bits per heavy atom. The molecule has 1 aliphatic carbocycles. The average Bonchev–Trinajstić information content (AvgIpc) is 3.07. The lowest BCUT2D eigenvalue weighted by molar-refractivity contribution is -0.151. The highest BCUT2D eigenvalue weighted by Gasteiger charge is 2.22. The number of ether oxygens (including phenoxy) is 1. The number of rotatable bonds is 5. The van der Waals surface area contributed by atoms with Crippen LogP contribution in [0.4, 0.5) is 11.4 Å². The number of amides is 2. The van der Waals surface area contributed by atoms with Gasteiger partial charge in [-0.3, -0.25) is 14.4 Å². The predicted octanol–water partition coefficient (Wildman–Crippen LogP) is 2.65. The Bertz CT molecular complexity index is 681. The Kier molecular flexibility index (Phi) is 5.48. The first-order valence-electron chi connectivity index (χ1n) is 8.65. The van der Waals surface area contributed by atoms with Gasteiger partial charge in [-0.2, -0.15) is 0 Å². The SMILES string of the molecule is O=C(COC(=O)[C@H]1CC=CCC1)Nc1ccc(N2CCCC2=O)cc1. The summed E-state index contributed by atoms with van der Waals surface area (Å²) in [6, 6.07) is 7.09. The molecular formula is C19H22N2O4. The van der Waals surface area contributed by atoms with Crippen LogP contribution < -0.4 is 10.2 Å². The van der Waals surface area contributed by atoms with Crippen molar-refractivity contribution in [2.75, 3.05) is 23.4 Å². The molecule has 0 radical (unpaired) electrons. The lowest BCUT2D eigenvalue weighted by atomic mass is 9.95. The van der Waals surface area contributed by atoms with Gasteiger partial charge in [0.15, 0.2) is 6.61 Å². The van der Waals surface area contributed by atoms with Crippen molar-refractivity contribution in [2.24, 2.45) is 5.92 Å². The fraction of sp³-hybridized carbons (Fsp3) is 0.421. The zero-order chi connectivity index (χ0) is 17.6. The summed E-state index contributed by atoms with van der Waals surface area (Å²) in [5, 5.41) is 2.70. The molecule has 2 amide bonds. The Labute approximate surface area is 146 Å². The zero-order valence-corrected chi connectivity index (χ0v) is 14.1. The van der Waals surface area contributed by atoms with Crippen molar-refractivity contribution < 1.29 is 19.1 Å². The molecule has 1 aromatic carbocycles. The van der Waals surface area contributed by atoms with Crippen LogP contribution in [-0.4, -0.2) is 30.9 Å². The molecule has 1 fully saturated rings. The summed E-state index contributed by atoms with van der Waals surface area (Å²) >= 11 is 0. The van der Waals surface area contributed by atoms with Crippen molar-refractivity contribution >= 4 is 29.2 Å². The van der Waals surface area contributed by atoms with Crippen LogP contribution in [0.15, 0.2) is 36.4 Å². The molecule has 0 unspecified atom stereocenters. The first kappa shape index (κ1) is 17.2. The van der Waals surface area contributed by atoms with Gasteiger partial charge in [-0.05, 0) is 49.9 Å². The van der Waals surface area contributed by atoms with Crippen molar-refractivity contribution in [2.45, 2.75) is 32.1 Å². The molecule has 0 bridgehead atoms. The zero-order valence-electron chi connectivity index (χ0n) is 14.1. The summed E-state index contributed by atoms with van der Waals surface area (Å²) in [5.41, 5.74) is 1.44. The number of nitrogens with one attached hydrogen (secondary N) is 1. The van der Waals surface area contributed by atoms with E-state index in [1.807, 2.05) is 6.08 Å².